The first kappa shape index (κ1) is 28.2. The molecule has 0 saturated heterocycles. The number of aromatic nitrogens is 3. The molecule has 3 heterocycles. The number of amides is 2. The van der Waals surface area contributed by atoms with E-state index in [1.807, 2.05) is 64.0 Å². The average Bonchev–Trinajstić information content (AvgIpc) is 3.39. The van der Waals surface area contributed by atoms with Gasteiger partial charge in [0, 0.05) is 89.6 Å². The second-order valence-corrected chi connectivity index (χ2v) is 10.6. The summed E-state index contributed by atoms with van der Waals surface area (Å²) in [5, 5.41) is 0. The van der Waals surface area contributed by atoms with Crippen LogP contribution in [0.15, 0.2) is 85.5 Å². The summed E-state index contributed by atoms with van der Waals surface area (Å²) in [7, 11) is 0. The number of anilines is 1. The highest BCUT2D eigenvalue weighted by Crippen LogP contribution is 2.30. The third-order valence-corrected chi connectivity index (χ3v) is 7.74. The highest BCUT2D eigenvalue weighted by molar-refractivity contribution is 5.93. The van der Waals surface area contributed by atoms with Gasteiger partial charge in [0.2, 0.25) is 11.8 Å². The molecular weight excluding hydrogens is 512 g/mol. The van der Waals surface area contributed by atoms with Crippen molar-refractivity contribution < 1.29 is 9.59 Å². The van der Waals surface area contributed by atoms with Crippen LogP contribution in [0.1, 0.15) is 36.7 Å². The van der Waals surface area contributed by atoms with Gasteiger partial charge in [-0.25, -0.2) is 4.98 Å². The van der Waals surface area contributed by atoms with Gasteiger partial charge in [-0.3, -0.25) is 19.5 Å². The minimum Gasteiger partial charge on any atom is -0.337 e. The summed E-state index contributed by atoms with van der Waals surface area (Å²) in [4.78, 5) is 41.5. The van der Waals surface area contributed by atoms with Crippen molar-refractivity contribution in [2.24, 2.45) is 0 Å². The van der Waals surface area contributed by atoms with Crippen LogP contribution in [0.25, 0.3) is 11.1 Å². The molecule has 0 spiro atoms. The molecule has 0 fully saturated rings. The summed E-state index contributed by atoms with van der Waals surface area (Å²) in [6, 6.07) is 20.6. The molecule has 0 radical (unpaired) electrons. The number of carbonyl (C=O) groups excluding carboxylic acids is 2. The molecule has 0 aliphatic carbocycles. The maximum atomic E-state index is 13.8. The molecule has 0 saturated carbocycles. The van der Waals surface area contributed by atoms with Crippen LogP contribution >= 0.6 is 0 Å². The van der Waals surface area contributed by atoms with E-state index >= 15 is 0 Å². The Morgan fingerprint density at radius 2 is 1.76 bits per heavy atom. The van der Waals surface area contributed by atoms with E-state index in [1.165, 1.54) is 5.56 Å². The van der Waals surface area contributed by atoms with E-state index in [1.54, 1.807) is 19.3 Å². The number of fused-ring (bicyclic) bond motifs is 1. The normalized spacial score (nSPS) is 14.8. The number of aryl methyl sites for hydroxylation is 2. The van der Waals surface area contributed by atoms with E-state index in [2.05, 4.69) is 45.2 Å². The summed E-state index contributed by atoms with van der Waals surface area (Å²) in [5.41, 5.74) is 5.09. The van der Waals surface area contributed by atoms with Gasteiger partial charge in [0.05, 0.1) is 0 Å². The highest BCUT2D eigenvalue weighted by atomic mass is 16.2. The molecule has 2 aromatic carbocycles. The maximum absolute atomic E-state index is 13.8. The van der Waals surface area contributed by atoms with Crippen LogP contribution in [0.3, 0.4) is 0 Å². The summed E-state index contributed by atoms with van der Waals surface area (Å²) >= 11 is 0. The molecule has 1 aliphatic rings. The molecule has 0 atom stereocenters. The molecule has 4 aromatic rings. The zero-order chi connectivity index (χ0) is 28.6. The standard InChI is InChI=1S/C33H38N6O2/c1-26-35-15-19-37(26)18-13-33(41)38-21-20-36(24-28-8-4-3-5-9-28)16-7-17-39(27(2)40)32-12-11-29(22-31(32)25-38)30-10-6-14-34-23-30/h3-6,8-12,14-15,19,22-23H,7,13,16-18,20-21,24-25H2,1-2H3. The van der Waals surface area contributed by atoms with Crippen LogP contribution in [0.5, 0.6) is 0 Å². The number of pyridine rings is 1. The largest absolute Gasteiger partial charge is 0.337 e. The van der Waals surface area contributed by atoms with Gasteiger partial charge in [-0.2, -0.15) is 0 Å². The molecular formula is C33H38N6O2. The lowest BCUT2D eigenvalue weighted by atomic mass is 10.0. The van der Waals surface area contributed by atoms with Crippen molar-refractivity contribution in [2.45, 2.75) is 46.3 Å². The topological polar surface area (TPSA) is 74.6 Å². The van der Waals surface area contributed by atoms with Crippen LogP contribution in [-0.4, -0.2) is 62.3 Å². The Bertz CT molecular complexity index is 1450. The van der Waals surface area contributed by atoms with Gasteiger partial charge in [-0.1, -0.05) is 42.5 Å². The van der Waals surface area contributed by atoms with Crippen LogP contribution < -0.4 is 4.90 Å². The molecule has 8 heteroatoms. The lowest BCUT2D eigenvalue weighted by Crippen LogP contribution is -2.38. The first-order valence-electron chi connectivity index (χ1n) is 14.3. The lowest BCUT2D eigenvalue weighted by Gasteiger charge is -2.28. The van der Waals surface area contributed by atoms with E-state index in [-0.39, 0.29) is 11.8 Å². The first-order valence-corrected chi connectivity index (χ1v) is 14.3. The fourth-order valence-electron chi connectivity index (χ4n) is 5.47. The van der Waals surface area contributed by atoms with E-state index in [0.29, 0.717) is 32.6 Å². The molecule has 41 heavy (non-hydrogen) atoms. The fourth-order valence-corrected chi connectivity index (χ4v) is 5.47. The SMILES string of the molecule is CC(=O)N1CCCN(Cc2ccccc2)CCN(C(=O)CCn2ccnc2C)Cc2cc(-c3cccnc3)ccc21. The van der Waals surface area contributed by atoms with E-state index in [9.17, 15) is 9.59 Å². The summed E-state index contributed by atoms with van der Waals surface area (Å²) < 4.78 is 2.01. The smallest absolute Gasteiger partial charge is 0.224 e. The quantitative estimate of drug-likeness (QED) is 0.340. The average molecular weight is 551 g/mol. The van der Waals surface area contributed by atoms with Crippen molar-refractivity contribution in [3.05, 3.63) is 102 Å². The summed E-state index contributed by atoms with van der Waals surface area (Å²) in [6.07, 6.45) is 8.50. The molecule has 0 N–H and O–H groups in total. The number of imidazole rings is 1. The number of carbonyl (C=O) groups is 2. The Hall–Kier alpha value is -4.30. The Morgan fingerprint density at radius 1 is 0.902 bits per heavy atom. The Labute approximate surface area is 242 Å². The minimum absolute atomic E-state index is 0.00249. The van der Waals surface area contributed by atoms with Crippen molar-refractivity contribution in [1.29, 1.82) is 0 Å². The predicted molar refractivity (Wildman–Crippen MR) is 161 cm³/mol. The van der Waals surface area contributed by atoms with Crippen LogP contribution in [0.2, 0.25) is 0 Å². The van der Waals surface area contributed by atoms with Crippen molar-refractivity contribution in [1.82, 2.24) is 24.3 Å². The highest BCUT2D eigenvalue weighted by Gasteiger charge is 2.23. The zero-order valence-electron chi connectivity index (χ0n) is 23.9. The van der Waals surface area contributed by atoms with Gasteiger partial charge in [-0.05, 0) is 53.8 Å². The van der Waals surface area contributed by atoms with Crippen molar-refractivity contribution in [3.8, 4) is 11.1 Å². The second kappa shape index (κ2) is 13.4. The van der Waals surface area contributed by atoms with Crippen LogP contribution in [0, 0.1) is 6.92 Å². The van der Waals surface area contributed by atoms with E-state index in [4.69, 9.17) is 0 Å². The van der Waals surface area contributed by atoms with E-state index < -0.39 is 0 Å². The fraction of sp³-hybridized carbons (Fsp3) is 0.333. The van der Waals surface area contributed by atoms with Crippen LogP contribution in [0.4, 0.5) is 5.69 Å². The Morgan fingerprint density at radius 3 is 2.49 bits per heavy atom. The molecule has 2 aromatic heterocycles. The van der Waals surface area contributed by atoms with Gasteiger partial charge in [0.25, 0.3) is 0 Å². The minimum atomic E-state index is 0.00249. The second-order valence-electron chi connectivity index (χ2n) is 10.6. The molecule has 1 aliphatic heterocycles. The predicted octanol–water partition coefficient (Wildman–Crippen LogP) is 4.93. The Balaban J connectivity index is 1.47. The van der Waals surface area contributed by atoms with Gasteiger partial charge >= 0.3 is 0 Å². The summed E-state index contributed by atoms with van der Waals surface area (Å²) in [6.45, 7) is 8.18. The molecule has 212 valence electrons. The molecule has 8 nitrogen and oxygen atoms in total. The number of nitrogens with zero attached hydrogens (tertiary/aromatic N) is 6. The number of rotatable bonds is 6. The summed E-state index contributed by atoms with van der Waals surface area (Å²) in [5.74, 6) is 0.986. The number of hydrogen-bond acceptors (Lipinski definition) is 5. The van der Waals surface area contributed by atoms with Crippen molar-refractivity contribution in [3.63, 3.8) is 0 Å². The lowest BCUT2D eigenvalue weighted by molar-refractivity contribution is -0.132. The van der Waals surface area contributed by atoms with E-state index in [0.717, 1.165) is 54.3 Å². The van der Waals surface area contributed by atoms with Gasteiger partial charge in [0.15, 0.2) is 0 Å². The Kier molecular flexibility index (Phi) is 9.21. The van der Waals surface area contributed by atoms with Crippen molar-refractivity contribution >= 4 is 17.5 Å². The molecule has 0 bridgehead atoms. The monoisotopic (exact) mass is 550 g/mol. The number of benzene rings is 2. The molecule has 2 amide bonds. The number of hydrogen-bond donors (Lipinski definition) is 0. The van der Waals surface area contributed by atoms with Gasteiger partial charge in [-0.15, -0.1) is 0 Å². The van der Waals surface area contributed by atoms with Gasteiger partial charge in [0.1, 0.15) is 5.82 Å². The van der Waals surface area contributed by atoms with Gasteiger partial charge < -0.3 is 14.4 Å². The molecule has 0 unspecified atom stereocenters. The maximum Gasteiger partial charge on any atom is 0.224 e. The molecule has 5 rings (SSSR count). The zero-order valence-corrected chi connectivity index (χ0v) is 23.9. The third kappa shape index (κ3) is 7.27. The first-order chi connectivity index (χ1) is 20.0. The third-order valence-electron chi connectivity index (χ3n) is 7.74. The van der Waals surface area contributed by atoms with Crippen LogP contribution in [-0.2, 0) is 29.2 Å². The van der Waals surface area contributed by atoms with Crippen molar-refractivity contribution in [2.75, 3.05) is 31.1 Å².